The normalized spacial score (nSPS) is 13.4. The number of aliphatic carboxylic acids is 2. The SMILES string of the molecule is COCCC(C)NC(=O)N[C@H](CC(=O)O)C(=O)O. The molecule has 0 aromatic rings. The molecule has 8 nitrogen and oxygen atoms in total. The maximum absolute atomic E-state index is 11.4. The fraction of sp³-hybridized carbons (Fsp3) is 0.700. The fourth-order valence-corrected chi connectivity index (χ4v) is 1.17. The molecular formula is C10H18N2O6. The topological polar surface area (TPSA) is 125 Å². The number of carboxylic acid groups (broad SMARTS) is 2. The number of amides is 2. The van der Waals surface area contributed by atoms with E-state index >= 15 is 0 Å². The summed E-state index contributed by atoms with van der Waals surface area (Å²) in [6.45, 7) is 2.19. The van der Waals surface area contributed by atoms with Crippen molar-refractivity contribution in [3.05, 3.63) is 0 Å². The van der Waals surface area contributed by atoms with Gasteiger partial charge in [-0.15, -0.1) is 0 Å². The van der Waals surface area contributed by atoms with Gasteiger partial charge >= 0.3 is 18.0 Å². The standard InChI is InChI=1S/C10H18N2O6/c1-6(3-4-18-2)11-10(17)12-7(9(15)16)5-8(13)14/h6-7H,3-5H2,1-2H3,(H,13,14)(H,15,16)(H2,11,12,17)/t6?,7-/m1/s1. The minimum atomic E-state index is -1.45. The second-order valence-electron chi connectivity index (χ2n) is 3.79. The molecule has 8 heteroatoms. The Bertz CT molecular complexity index is 307. The summed E-state index contributed by atoms with van der Waals surface area (Å²) < 4.78 is 4.82. The number of urea groups is 1. The monoisotopic (exact) mass is 262 g/mol. The Kier molecular flexibility index (Phi) is 7.45. The number of hydrogen-bond acceptors (Lipinski definition) is 4. The van der Waals surface area contributed by atoms with Gasteiger partial charge in [0, 0.05) is 19.8 Å². The molecule has 0 radical (unpaired) electrons. The van der Waals surface area contributed by atoms with Crippen LogP contribution in [0.15, 0.2) is 0 Å². The maximum atomic E-state index is 11.4. The summed E-state index contributed by atoms with van der Waals surface area (Å²) >= 11 is 0. The highest BCUT2D eigenvalue weighted by Crippen LogP contribution is 1.95. The minimum absolute atomic E-state index is 0.204. The first kappa shape index (κ1) is 16.2. The first-order chi connectivity index (χ1) is 8.36. The van der Waals surface area contributed by atoms with Gasteiger partial charge in [-0.2, -0.15) is 0 Å². The van der Waals surface area contributed by atoms with Crippen molar-refractivity contribution in [1.29, 1.82) is 0 Å². The van der Waals surface area contributed by atoms with Crippen LogP contribution in [0.3, 0.4) is 0 Å². The molecule has 0 aliphatic heterocycles. The lowest BCUT2D eigenvalue weighted by molar-refractivity contribution is -0.145. The van der Waals surface area contributed by atoms with E-state index in [0.717, 1.165) is 0 Å². The third kappa shape index (κ3) is 7.44. The molecule has 4 N–H and O–H groups in total. The molecule has 2 atom stereocenters. The van der Waals surface area contributed by atoms with Gasteiger partial charge in [0.25, 0.3) is 0 Å². The Hall–Kier alpha value is -1.83. The molecule has 0 bridgehead atoms. The van der Waals surface area contributed by atoms with Gasteiger partial charge in [0.15, 0.2) is 0 Å². The van der Waals surface area contributed by atoms with E-state index in [4.69, 9.17) is 14.9 Å². The quantitative estimate of drug-likeness (QED) is 0.473. The summed E-state index contributed by atoms with van der Waals surface area (Å²) in [6, 6.07) is -2.37. The fourth-order valence-electron chi connectivity index (χ4n) is 1.17. The molecule has 0 spiro atoms. The van der Waals surface area contributed by atoms with Crippen LogP contribution in [0, 0.1) is 0 Å². The van der Waals surface area contributed by atoms with Crippen LogP contribution in [0.4, 0.5) is 4.79 Å². The highest BCUT2D eigenvalue weighted by Gasteiger charge is 2.23. The molecule has 0 saturated heterocycles. The Balaban J connectivity index is 4.17. The van der Waals surface area contributed by atoms with Crippen molar-refractivity contribution < 1.29 is 29.3 Å². The van der Waals surface area contributed by atoms with E-state index in [0.29, 0.717) is 13.0 Å². The molecule has 0 saturated carbocycles. The van der Waals surface area contributed by atoms with Crippen LogP contribution in [0.1, 0.15) is 19.8 Å². The van der Waals surface area contributed by atoms with Crippen molar-refractivity contribution in [2.45, 2.75) is 31.8 Å². The van der Waals surface area contributed by atoms with Gasteiger partial charge in [-0.1, -0.05) is 0 Å². The van der Waals surface area contributed by atoms with E-state index in [1.807, 2.05) is 0 Å². The van der Waals surface area contributed by atoms with Crippen LogP contribution in [0.5, 0.6) is 0 Å². The number of ether oxygens (including phenoxy) is 1. The van der Waals surface area contributed by atoms with Crippen molar-refractivity contribution in [2.24, 2.45) is 0 Å². The van der Waals surface area contributed by atoms with Crippen molar-refractivity contribution in [3.8, 4) is 0 Å². The van der Waals surface area contributed by atoms with Gasteiger partial charge in [-0.25, -0.2) is 9.59 Å². The lowest BCUT2D eigenvalue weighted by Crippen LogP contribution is -2.49. The summed E-state index contributed by atoms with van der Waals surface area (Å²) in [5.74, 6) is -2.69. The summed E-state index contributed by atoms with van der Waals surface area (Å²) in [6.07, 6.45) is -0.101. The van der Waals surface area contributed by atoms with Crippen LogP contribution in [-0.2, 0) is 14.3 Å². The second-order valence-corrected chi connectivity index (χ2v) is 3.79. The van der Waals surface area contributed by atoms with Crippen molar-refractivity contribution >= 4 is 18.0 Å². The molecule has 0 aromatic carbocycles. The van der Waals surface area contributed by atoms with E-state index in [1.165, 1.54) is 7.11 Å². The molecule has 0 aromatic heterocycles. The third-order valence-corrected chi connectivity index (χ3v) is 2.11. The lowest BCUT2D eigenvalue weighted by atomic mass is 10.2. The lowest BCUT2D eigenvalue weighted by Gasteiger charge is -2.17. The Labute approximate surface area is 104 Å². The van der Waals surface area contributed by atoms with Crippen LogP contribution in [0.25, 0.3) is 0 Å². The molecule has 0 aliphatic rings. The largest absolute Gasteiger partial charge is 0.481 e. The zero-order valence-electron chi connectivity index (χ0n) is 10.3. The van der Waals surface area contributed by atoms with Gasteiger partial charge < -0.3 is 25.6 Å². The highest BCUT2D eigenvalue weighted by molar-refractivity contribution is 5.86. The van der Waals surface area contributed by atoms with E-state index < -0.39 is 30.4 Å². The number of carbonyl (C=O) groups excluding carboxylic acids is 1. The summed E-state index contributed by atoms with van der Waals surface area (Å²) in [5.41, 5.74) is 0. The number of rotatable bonds is 8. The van der Waals surface area contributed by atoms with Crippen molar-refractivity contribution in [1.82, 2.24) is 10.6 Å². The predicted octanol–water partition coefficient (Wildman–Crippen LogP) is -0.361. The summed E-state index contributed by atoms with van der Waals surface area (Å²) in [5, 5.41) is 21.8. The number of hydrogen-bond donors (Lipinski definition) is 4. The molecule has 18 heavy (non-hydrogen) atoms. The first-order valence-corrected chi connectivity index (χ1v) is 5.37. The molecule has 104 valence electrons. The van der Waals surface area contributed by atoms with Gasteiger partial charge in [0.2, 0.25) is 0 Å². The number of nitrogens with one attached hydrogen (secondary N) is 2. The van der Waals surface area contributed by atoms with E-state index in [-0.39, 0.29) is 6.04 Å². The molecule has 2 amide bonds. The zero-order valence-corrected chi connectivity index (χ0v) is 10.3. The van der Waals surface area contributed by atoms with Crippen molar-refractivity contribution in [2.75, 3.05) is 13.7 Å². The van der Waals surface area contributed by atoms with Crippen LogP contribution in [-0.4, -0.2) is 54.0 Å². The average molecular weight is 262 g/mol. The Morgan fingerprint density at radius 3 is 2.28 bits per heavy atom. The zero-order chi connectivity index (χ0) is 14.1. The summed E-state index contributed by atoms with van der Waals surface area (Å²) in [7, 11) is 1.53. The molecule has 0 heterocycles. The van der Waals surface area contributed by atoms with Gasteiger partial charge in [0.1, 0.15) is 6.04 Å². The minimum Gasteiger partial charge on any atom is -0.481 e. The average Bonchev–Trinajstić information content (AvgIpc) is 2.24. The van der Waals surface area contributed by atoms with E-state index in [1.54, 1.807) is 6.92 Å². The molecule has 1 unspecified atom stereocenters. The first-order valence-electron chi connectivity index (χ1n) is 5.37. The van der Waals surface area contributed by atoms with Crippen LogP contribution < -0.4 is 10.6 Å². The molecular weight excluding hydrogens is 244 g/mol. The van der Waals surface area contributed by atoms with Gasteiger partial charge in [0.05, 0.1) is 6.42 Å². The van der Waals surface area contributed by atoms with E-state index in [9.17, 15) is 14.4 Å². The van der Waals surface area contributed by atoms with Crippen molar-refractivity contribution in [3.63, 3.8) is 0 Å². The maximum Gasteiger partial charge on any atom is 0.326 e. The Morgan fingerprint density at radius 2 is 1.83 bits per heavy atom. The molecule has 0 rings (SSSR count). The van der Waals surface area contributed by atoms with Crippen LogP contribution in [0.2, 0.25) is 0 Å². The third-order valence-electron chi connectivity index (χ3n) is 2.11. The van der Waals surface area contributed by atoms with Gasteiger partial charge in [-0.05, 0) is 13.3 Å². The molecule has 0 aliphatic carbocycles. The van der Waals surface area contributed by atoms with Gasteiger partial charge in [-0.3, -0.25) is 4.79 Å². The highest BCUT2D eigenvalue weighted by atomic mass is 16.5. The van der Waals surface area contributed by atoms with Crippen LogP contribution >= 0.6 is 0 Å². The number of methoxy groups -OCH3 is 1. The molecule has 0 fully saturated rings. The Morgan fingerprint density at radius 1 is 1.22 bits per heavy atom. The summed E-state index contributed by atoms with van der Waals surface area (Å²) in [4.78, 5) is 32.5. The van der Waals surface area contributed by atoms with E-state index in [2.05, 4.69) is 10.6 Å². The smallest absolute Gasteiger partial charge is 0.326 e. The second kappa shape index (κ2) is 8.29. The number of carboxylic acids is 2. The number of carbonyl (C=O) groups is 3. The predicted molar refractivity (Wildman–Crippen MR) is 61.3 cm³/mol.